The predicted molar refractivity (Wildman–Crippen MR) is 40.9 cm³/mol. The maximum atomic E-state index is 10.3. The van der Waals surface area contributed by atoms with E-state index in [0.29, 0.717) is 12.0 Å². The zero-order valence-corrected chi connectivity index (χ0v) is 6.71. The van der Waals surface area contributed by atoms with Gasteiger partial charge in [-0.3, -0.25) is 0 Å². The topological polar surface area (TPSA) is 20.3 Å². The lowest BCUT2D eigenvalue weighted by atomic mass is 10.1. The summed E-state index contributed by atoms with van der Waals surface area (Å²) in [7, 11) is 0. The van der Waals surface area contributed by atoms with E-state index in [9.17, 15) is 4.79 Å². The van der Waals surface area contributed by atoms with Gasteiger partial charge in [0, 0.05) is 18.5 Å². The molecule has 0 aromatic carbocycles. The number of rotatable bonds is 2. The Hall–Kier alpha value is -0.370. The molecule has 1 rings (SSSR count). The molecule has 10 heavy (non-hydrogen) atoms. The van der Waals surface area contributed by atoms with Gasteiger partial charge in [-0.15, -0.1) is 0 Å². The van der Waals surface area contributed by atoms with Crippen molar-refractivity contribution < 1.29 is 4.79 Å². The van der Waals surface area contributed by atoms with Crippen molar-refractivity contribution in [2.75, 3.05) is 13.1 Å². The molecule has 1 saturated heterocycles. The van der Waals surface area contributed by atoms with E-state index in [1.165, 1.54) is 0 Å². The molecule has 1 atom stereocenters. The Morgan fingerprint density at radius 1 is 1.60 bits per heavy atom. The summed E-state index contributed by atoms with van der Waals surface area (Å²) in [5.41, 5.74) is 0. The molecule has 1 aliphatic heterocycles. The summed E-state index contributed by atoms with van der Waals surface area (Å²) in [6.07, 6.45) is 2.14. The van der Waals surface area contributed by atoms with Crippen molar-refractivity contribution in [3.05, 3.63) is 0 Å². The first kappa shape index (κ1) is 7.73. The Labute approximate surface area is 62.2 Å². The number of carbonyl (C=O) groups is 1. The van der Waals surface area contributed by atoms with Crippen molar-refractivity contribution in [3.63, 3.8) is 0 Å². The Bertz CT molecular complexity index is 122. The number of carbonyl (C=O) groups excluding carboxylic acids is 1. The standard InChI is InChI=1S/C8H15NO/c1-7(2)9-4-3-8(5-9)6-10/h6-8H,3-5H2,1-2H3. The first-order chi connectivity index (χ1) is 4.74. The molecular weight excluding hydrogens is 126 g/mol. The van der Waals surface area contributed by atoms with Crippen LogP contribution in [0.2, 0.25) is 0 Å². The van der Waals surface area contributed by atoms with Crippen LogP contribution in [0, 0.1) is 5.92 Å². The molecule has 1 aliphatic rings. The van der Waals surface area contributed by atoms with Gasteiger partial charge in [0.15, 0.2) is 0 Å². The molecule has 0 amide bonds. The maximum absolute atomic E-state index is 10.3. The molecule has 0 radical (unpaired) electrons. The van der Waals surface area contributed by atoms with Gasteiger partial charge >= 0.3 is 0 Å². The summed E-state index contributed by atoms with van der Waals surface area (Å²) in [4.78, 5) is 12.7. The van der Waals surface area contributed by atoms with Gasteiger partial charge in [0.25, 0.3) is 0 Å². The molecule has 0 saturated carbocycles. The second-order valence-electron chi connectivity index (χ2n) is 3.27. The average molecular weight is 141 g/mol. The van der Waals surface area contributed by atoms with Gasteiger partial charge in [-0.25, -0.2) is 0 Å². The Kier molecular flexibility index (Phi) is 2.44. The Morgan fingerprint density at radius 2 is 2.30 bits per heavy atom. The molecule has 0 aliphatic carbocycles. The number of aldehydes is 1. The van der Waals surface area contributed by atoms with E-state index in [-0.39, 0.29) is 0 Å². The number of hydrogen-bond donors (Lipinski definition) is 0. The summed E-state index contributed by atoms with van der Waals surface area (Å²) in [5, 5.41) is 0. The van der Waals surface area contributed by atoms with Crippen LogP contribution in [0.5, 0.6) is 0 Å². The van der Waals surface area contributed by atoms with E-state index in [0.717, 1.165) is 25.8 Å². The molecule has 0 N–H and O–H groups in total. The van der Waals surface area contributed by atoms with Crippen LogP contribution in [-0.4, -0.2) is 30.3 Å². The molecule has 2 nitrogen and oxygen atoms in total. The SMILES string of the molecule is CC(C)N1CCC(C=O)C1. The summed E-state index contributed by atoms with van der Waals surface area (Å²) >= 11 is 0. The van der Waals surface area contributed by atoms with Crippen molar-refractivity contribution in [3.8, 4) is 0 Å². The molecule has 0 bridgehead atoms. The van der Waals surface area contributed by atoms with Gasteiger partial charge < -0.3 is 9.69 Å². The van der Waals surface area contributed by atoms with Crippen molar-refractivity contribution in [2.45, 2.75) is 26.3 Å². The van der Waals surface area contributed by atoms with Crippen LogP contribution >= 0.6 is 0 Å². The molecule has 1 unspecified atom stereocenters. The second kappa shape index (κ2) is 3.15. The van der Waals surface area contributed by atoms with Gasteiger partial charge in [-0.2, -0.15) is 0 Å². The first-order valence-corrected chi connectivity index (χ1v) is 3.93. The summed E-state index contributed by atoms with van der Waals surface area (Å²) < 4.78 is 0. The van der Waals surface area contributed by atoms with E-state index in [1.807, 2.05) is 0 Å². The maximum Gasteiger partial charge on any atom is 0.124 e. The van der Waals surface area contributed by atoms with Crippen molar-refractivity contribution in [2.24, 2.45) is 5.92 Å². The average Bonchev–Trinajstić information content (AvgIpc) is 2.34. The van der Waals surface area contributed by atoms with Gasteiger partial charge in [0.1, 0.15) is 6.29 Å². The van der Waals surface area contributed by atoms with Crippen LogP contribution in [0.3, 0.4) is 0 Å². The van der Waals surface area contributed by atoms with Gasteiger partial charge in [-0.1, -0.05) is 0 Å². The molecule has 58 valence electrons. The Balaban J connectivity index is 2.35. The minimum atomic E-state index is 0.308. The highest BCUT2D eigenvalue weighted by atomic mass is 16.1. The van der Waals surface area contributed by atoms with E-state index in [4.69, 9.17) is 0 Å². The largest absolute Gasteiger partial charge is 0.303 e. The molecule has 0 aromatic rings. The quantitative estimate of drug-likeness (QED) is 0.533. The summed E-state index contributed by atoms with van der Waals surface area (Å²) in [6.45, 7) is 6.42. The fourth-order valence-electron chi connectivity index (χ4n) is 1.40. The Morgan fingerprint density at radius 3 is 2.60 bits per heavy atom. The summed E-state index contributed by atoms with van der Waals surface area (Å²) in [6, 6.07) is 0.602. The van der Waals surface area contributed by atoms with E-state index in [1.54, 1.807) is 0 Å². The van der Waals surface area contributed by atoms with Gasteiger partial charge in [0.2, 0.25) is 0 Å². The smallest absolute Gasteiger partial charge is 0.124 e. The highest BCUT2D eigenvalue weighted by molar-refractivity contribution is 5.54. The fraction of sp³-hybridized carbons (Fsp3) is 0.875. The minimum Gasteiger partial charge on any atom is -0.303 e. The highest BCUT2D eigenvalue weighted by Crippen LogP contribution is 2.15. The van der Waals surface area contributed by atoms with Crippen molar-refractivity contribution in [1.82, 2.24) is 4.90 Å². The fourth-order valence-corrected chi connectivity index (χ4v) is 1.40. The van der Waals surface area contributed by atoms with Crippen LogP contribution in [0.25, 0.3) is 0 Å². The van der Waals surface area contributed by atoms with E-state index in [2.05, 4.69) is 18.7 Å². The van der Waals surface area contributed by atoms with Crippen LogP contribution in [0.15, 0.2) is 0 Å². The van der Waals surface area contributed by atoms with Crippen LogP contribution in [0.4, 0.5) is 0 Å². The first-order valence-electron chi connectivity index (χ1n) is 3.93. The monoisotopic (exact) mass is 141 g/mol. The normalized spacial score (nSPS) is 27.7. The minimum absolute atomic E-state index is 0.308. The zero-order chi connectivity index (χ0) is 7.56. The molecular formula is C8H15NO. The lowest BCUT2D eigenvalue weighted by molar-refractivity contribution is -0.110. The molecule has 1 heterocycles. The third-order valence-corrected chi connectivity index (χ3v) is 2.18. The summed E-state index contributed by atoms with van der Waals surface area (Å²) in [5.74, 6) is 0.308. The number of hydrogen-bond acceptors (Lipinski definition) is 2. The third-order valence-electron chi connectivity index (χ3n) is 2.18. The van der Waals surface area contributed by atoms with Gasteiger partial charge in [0.05, 0.1) is 0 Å². The predicted octanol–water partition coefficient (Wildman–Crippen LogP) is 0.916. The zero-order valence-electron chi connectivity index (χ0n) is 6.71. The van der Waals surface area contributed by atoms with Crippen LogP contribution in [-0.2, 0) is 4.79 Å². The molecule has 2 heteroatoms. The third kappa shape index (κ3) is 1.57. The molecule has 1 fully saturated rings. The van der Waals surface area contributed by atoms with Gasteiger partial charge in [-0.05, 0) is 26.8 Å². The van der Waals surface area contributed by atoms with E-state index < -0.39 is 0 Å². The second-order valence-corrected chi connectivity index (χ2v) is 3.27. The van der Waals surface area contributed by atoms with Crippen LogP contribution < -0.4 is 0 Å². The molecule has 0 aromatic heterocycles. The lowest BCUT2D eigenvalue weighted by Crippen LogP contribution is -2.28. The highest BCUT2D eigenvalue weighted by Gasteiger charge is 2.22. The van der Waals surface area contributed by atoms with Crippen LogP contribution in [0.1, 0.15) is 20.3 Å². The number of likely N-dealkylation sites (tertiary alicyclic amines) is 1. The van der Waals surface area contributed by atoms with Crippen molar-refractivity contribution >= 4 is 6.29 Å². The number of nitrogens with zero attached hydrogens (tertiary/aromatic N) is 1. The molecule has 0 spiro atoms. The lowest BCUT2D eigenvalue weighted by Gasteiger charge is -2.18. The van der Waals surface area contributed by atoms with E-state index >= 15 is 0 Å². The van der Waals surface area contributed by atoms with Crippen molar-refractivity contribution in [1.29, 1.82) is 0 Å².